The molecule has 1 aromatic heterocycles. The Kier molecular flexibility index (Phi) is 4.79. The molecule has 1 aromatic carbocycles. The molecule has 1 atom stereocenters. The van der Waals surface area contributed by atoms with Gasteiger partial charge in [0.25, 0.3) is 0 Å². The Morgan fingerprint density at radius 3 is 2.65 bits per heavy atom. The van der Waals surface area contributed by atoms with Crippen LogP contribution in [0.2, 0.25) is 0 Å². The second kappa shape index (κ2) is 6.98. The van der Waals surface area contributed by atoms with Crippen LogP contribution in [-0.2, 0) is 13.0 Å². The number of hydrogen-bond donors (Lipinski definition) is 1. The number of rotatable bonds is 5. The summed E-state index contributed by atoms with van der Waals surface area (Å²) in [7, 11) is 3.28. The van der Waals surface area contributed by atoms with Gasteiger partial charge in [0.1, 0.15) is 11.5 Å². The van der Waals surface area contributed by atoms with Gasteiger partial charge >= 0.3 is 0 Å². The van der Waals surface area contributed by atoms with Crippen LogP contribution in [0, 0.1) is 0 Å². The second-order valence-corrected chi connectivity index (χ2v) is 5.68. The van der Waals surface area contributed by atoms with Crippen LogP contribution >= 0.6 is 0 Å². The van der Waals surface area contributed by atoms with E-state index in [1.165, 1.54) is 0 Å². The summed E-state index contributed by atoms with van der Waals surface area (Å²) in [5.74, 6) is 1.51. The van der Waals surface area contributed by atoms with Crippen LogP contribution in [0.4, 0.5) is 0 Å². The van der Waals surface area contributed by atoms with Crippen molar-refractivity contribution in [2.45, 2.75) is 19.1 Å². The van der Waals surface area contributed by atoms with Gasteiger partial charge in [-0.05, 0) is 24.3 Å². The number of ether oxygens (including phenoxy) is 2. The zero-order chi connectivity index (χ0) is 16.2. The van der Waals surface area contributed by atoms with Gasteiger partial charge in [0, 0.05) is 49.1 Å². The van der Waals surface area contributed by atoms with E-state index in [4.69, 9.17) is 9.47 Å². The molecule has 2 aromatic rings. The molecule has 0 amide bonds. The third-order valence-corrected chi connectivity index (χ3v) is 4.27. The van der Waals surface area contributed by atoms with Crippen LogP contribution in [0.25, 0.3) is 0 Å². The Hall–Kier alpha value is -2.11. The molecule has 23 heavy (non-hydrogen) atoms. The standard InChI is InChI=1S/C18H22N2O3/c1-22-16-6-7-17(23-2)18-14(16)11-20(12-15(18)21)10-8-13-5-3-4-9-19-13/h3-7,9,15,21H,8,10-12H2,1-2H3. The molecule has 2 heterocycles. The molecule has 1 aliphatic heterocycles. The SMILES string of the molecule is COc1ccc(OC)c2c1CN(CCc1ccccn1)CC2O. The monoisotopic (exact) mass is 314 g/mol. The smallest absolute Gasteiger partial charge is 0.125 e. The fourth-order valence-electron chi connectivity index (χ4n) is 3.13. The number of benzene rings is 1. The van der Waals surface area contributed by atoms with E-state index in [1.54, 1.807) is 14.2 Å². The molecule has 1 N–H and O–H groups in total. The maximum Gasteiger partial charge on any atom is 0.125 e. The van der Waals surface area contributed by atoms with Crippen molar-refractivity contribution in [2.24, 2.45) is 0 Å². The number of pyridine rings is 1. The topological polar surface area (TPSA) is 54.8 Å². The molecule has 0 spiro atoms. The Labute approximate surface area is 136 Å². The van der Waals surface area contributed by atoms with Crippen molar-refractivity contribution < 1.29 is 14.6 Å². The van der Waals surface area contributed by atoms with E-state index in [2.05, 4.69) is 9.88 Å². The van der Waals surface area contributed by atoms with Gasteiger partial charge in [-0.1, -0.05) is 6.07 Å². The minimum absolute atomic E-state index is 0.576. The van der Waals surface area contributed by atoms with Gasteiger partial charge in [-0.2, -0.15) is 0 Å². The minimum Gasteiger partial charge on any atom is -0.496 e. The molecule has 1 aliphatic rings. The number of β-amino-alcohol motifs (C(OH)–C–C–N with tert-alkyl or cyclic N) is 1. The highest BCUT2D eigenvalue weighted by atomic mass is 16.5. The van der Waals surface area contributed by atoms with Crippen molar-refractivity contribution in [1.82, 2.24) is 9.88 Å². The minimum atomic E-state index is -0.576. The van der Waals surface area contributed by atoms with E-state index >= 15 is 0 Å². The lowest BCUT2D eigenvalue weighted by atomic mass is 9.95. The Morgan fingerprint density at radius 1 is 1.17 bits per heavy atom. The summed E-state index contributed by atoms with van der Waals surface area (Å²) in [4.78, 5) is 6.58. The van der Waals surface area contributed by atoms with Crippen LogP contribution in [0.3, 0.4) is 0 Å². The summed E-state index contributed by atoms with van der Waals surface area (Å²) in [5.41, 5.74) is 2.91. The molecule has 0 bridgehead atoms. The van der Waals surface area contributed by atoms with Crippen LogP contribution in [0.5, 0.6) is 11.5 Å². The van der Waals surface area contributed by atoms with Gasteiger partial charge in [0.05, 0.1) is 20.3 Å². The van der Waals surface area contributed by atoms with Crippen LogP contribution in [0.1, 0.15) is 22.9 Å². The summed E-state index contributed by atoms with van der Waals surface area (Å²) in [6.45, 7) is 2.16. The van der Waals surface area contributed by atoms with Gasteiger partial charge < -0.3 is 14.6 Å². The molecule has 1 unspecified atom stereocenters. The van der Waals surface area contributed by atoms with Gasteiger partial charge in [0.2, 0.25) is 0 Å². The number of fused-ring (bicyclic) bond motifs is 1. The Bertz CT molecular complexity index is 661. The normalized spacial score (nSPS) is 17.6. The van der Waals surface area contributed by atoms with E-state index < -0.39 is 6.10 Å². The zero-order valence-corrected chi connectivity index (χ0v) is 13.5. The van der Waals surface area contributed by atoms with Crippen LogP contribution < -0.4 is 9.47 Å². The average molecular weight is 314 g/mol. The first-order valence-electron chi connectivity index (χ1n) is 7.77. The summed E-state index contributed by atoms with van der Waals surface area (Å²) in [6, 6.07) is 9.69. The molecule has 3 rings (SSSR count). The van der Waals surface area contributed by atoms with E-state index in [0.29, 0.717) is 6.54 Å². The highest BCUT2D eigenvalue weighted by Gasteiger charge is 2.29. The summed E-state index contributed by atoms with van der Waals surface area (Å²) >= 11 is 0. The summed E-state index contributed by atoms with van der Waals surface area (Å²) in [5, 5.41) is 10.6. The molecular weight excluding hydrogens is 292 g/mol. The molecular formula is C18H22N2O3. The first-order valence-corrected chi connectivity index (χ1v) is 7.77. The first kappa shape index (κ1) is 15.8. The zero-order valence-electron chi connectivity index (χ0n) is 13.5. The van der Waals surface area contributed by atoms with E-state index in [0.717, 1.165) is 47.8 Å². The molecule has 0 aliphatic carbocycles. The average Bonchev–Trinajstić information content (AvgIpc) is 2.60. The quantitative estimate of drug-likeness (QED) is 0.917. The third kappa shape index (κ3) is 3.30. The number of aromatic nitrogens is 1. The predicted molar refractivity (Wildman–Crippen MR) is 87.7 cm³/mol. The van der Waals surface area contributed by atoms with E-state index in [-0.39, 0.29) is 0 Å². The predicted octanol–water partition coefficient (Wildman–Crippen LogP) is 2.19. The molecule has 5 heteroatoms. The third-order valence-electron chi connectivity index (χ3n) is 4.27. The summed E-state index contributed by atoms with van der Waals surface area (Å²) < 4.78 is 10.9. The number of methoxy groups -OCH3 is 2. The molecule has 0 saturated carbocycles. The molecule has 5 nitrogen and oxygen atoms in total. The molecule has 0 fully saturated rings. The Morgan fingerprint density at radius 2 is 1.96 bits per heavy atom. The summed E-state index contributed by atoms with van der Waals surface area (Å²) in [6.07, 6.45) is 2.09. The number of hydrogen-bond acceptors (Lipinski definition) is 5. The van der Waals surface area contributed by atoms with Gasteiger partial charge in [-0.15, -0.1) is 0 Å². The van der Waals surface area contributed by atoms with Crippen molar-refractivity contribution >= 4 is 0 Å². The lowest BCUT2D eigenvalue weighted by Crippen LogP contribution is -2.35. The van der Waals surface area contributed by atoms with Gasteiger partial charge in [0.15, 0.2) is 0 Å². The van der Waals surface area contributed by atoms with Crippen molar-refractivity contribution in [3.05, 3.63) is 53.3 Å². The van der Waals surface area contributed by atoms with Crippen molar-refractivity contribution in [3.8, 4) is 11.5 Å². The maximum absolute atomic E-state index is 10.6. The van der Waals surface area contributed by atoms with E-state index in [1.807, 2.05) is 36.5 Å². The Balaban J connectivity index is 1.79. The second-order valence-electron chi connectivity index (χ2n) is 5.68. The van der Waals surface area contributed by atoms with Crippen molar-refractivity contribution in [2.75, 3.05) is 27.3 Å². The van der Waals surface area contributed by atoms with Crippen molar-refractivity contribution in [1.29, 1.82) is 0 Å². The number of nitrogens with zero attached hydrogens (tertiary/aromatic N) is 2. The first-order chi connectivity index (χ1) is 11.2. The molecule has 0 radical (unpaired) electrons. The van der Waals surface area contributed by atoms with Gasteiger partial charge in [-0.3, -0.25) is 9.88 Å². The molecule has 0 saturated heterocycles. The van der Waals surface area contributed by atoms with Crippen molar-refractivity contribution in [3.63, 3.8) is 0 Å². The number of aliphatic hydroxyl groups excluding tert-OH is 1. The fourth-order valence-corrected chi connectivity index (χ4v) is 3.13. The lowest BCUT2D eigenvalue weighted by Gasteiger charge is -2.33. The largest absolute Gasteiger partial charge is 0.496 e. The fraction of sp³-hybridized carbons (Fsp3) is 0.389. The highest BCUT2D eigenvalue weighted by molar-refractivity contribution is 5.51. The van der Waals surface area contributed by atoms with Crippen LogP contribution in [-0.4, -0.2) is 42.3 Å². The van der Waals surface area contributed by atoms with E-state index in [9.17, 15) is 5.11 Å². The molecule has 122 valence electrons. The maximum atomic E-state index is 10.6. The highest BCUT2D eigenvalue weighted by Crippen LogP contribution is 2.39. The lowest BCUT2D eigenvalue weighted by molar-refractivity contribution is 0.0890. The van der Waals surface area contributed by atoms with Crippen LogP contribution in [0.15, 0.2) is 36.5 Å². The van der Waals surface area contributed by atoms with Gasteiger partial charge in [-0.25, -0.2) is 0 Å². The number of aliphatic hydroxyl groups is 1.